The smallest absolute Gasteiger partial charge is 0.122 e. The Hall–Kier alpha value is -3.07. The molecule has 0 amide bonds. The van der Waals surface area contributed by atoms with E-state index in [0.717, 1.165) is 0 Å². The van der Waals surface area contributed by atoms with Crippen LogP contribution >= 0.6 is 0 Å². The zero-order valence-corrected chi connectivity index (χ0v) is 34.7. The van der Waals surface area contributed by atoms with E-state index in [2.05, 4.69) is 0 Å². The predicted molar refractivity (Wildman–Crippen MR) is 181 cm³/mol. The molecule has 0 saturated heterocycles. The maximum Gasteiger partial charge on any atom is 0.122 e. The summed E-state index contributed by atoms with van der Waals surface area (Å²) in [7, 11) is 0. The first kappa shape index (κ1) is 74.5. The minimum atomic E-state index is -2.31. The van der Waals surface area contributed by atoms with E-state index >= 15 is 0 Å². The number of aliphatic carboxylic acids is 5. The molecule has 1 radical (unpaired) electrons. The molecule has 0 saturated carbocycles. The molecule has 0 aliphatic rings. The van der Waals surface area contributed by atoms with E-state index in [1.165, 1.54) is 0 Å². The van der Waals surface area contributed by atoms with E-state index in [4.69, 9.17) is 128 Å². The van der Waals surface area contributed by atoms with Crippen molar-refractivity contribution in [3.8, 4) is 0 Å². The fraction of sp³-hybridized carbons (Fsp3) is 0.833. The van der Waals surface area contributed by atoms with Crippen LogP contribution in [-0.4, -0.2) is 313 Å². The number of aliphatic hydroxyl groups is 25. The standard InChI is InChI=1S/5C6H12O7.V/c5*7-1-2(8)3(9)4(10)5(11)6(12)13;/h5*2-5,7-11H,1H2,(H,12,13);/p-5/t5*2-,3-,4+,5-;/m11111./s1. The summed E-state index contributed by atoms with van der Waals surface area (Å²) in [5.74, 6) is -9.88. The van der Waals surface area contributed by atoms with Gasteiger partial charge in [-0.05, 0) is 0 Å². The molecule has 35 nitrogen and oxygen atoms in total. The van der Waals surface area contributed by atoms with Gasteiger partial charge < -0.3 is 177 Å². The van der Waals surface area contributed by atoms with Crippen molar-refractivity contribution in [3.63, 3.8) is 0 Å². The van der Waals surface area contributed by atoms with Crippen molar-refractivity contribution < 1.29 is 196 Å². The third-order valence-electron chi connectivity index (χ3n) is 7.48. The summed E-state index contributed by atoms with van der Waals surface area (Å²) in [5.41, 5.74) is 0. The minimum absolute atomic E-state index is 0. The molecule has 66 heavy (non-hydrogen) atoms. The molecule has 0 bridgehead atoms. The van der Waals surface area contributed by atoms with Gasteiger partial charge in [-0.25, -0.2) is 0 Å². The fourth-order valence-corrected chi connectivity index (χ4v) is 3.31. The van der Waals surface area contributed by atoms with Crippen LogP contribution in [0.15, 0.2) is 0 Å². The van der Waals surface area contributed by atoms with Crippen molar-refractivity contribution in [1.82, 2.24) is 0 Å². The quantitative estimate of drug-likeness (QED) is 0.0404. The van der Waals surface area contributed by atoms with E-state index in [9.17, 15) is 49.5 Å². The Kier molecular flexibility index (Phi) is 43.8. The number of carbonyl (C=O) groups is 5. The van der Waals surface area contributed by atoms with Crippen LogP contribution in [-0.2, 0) is 42.5 Å². The third-order valence-corrected chi connectivity index (χ3v) is 7.48. The molecule has 0 aromatic rings. The van der Waals surface area contributed by atoms with E-state index in [0.29, 0.717) is 0 Å². The third kappa shape index (κ3) is 29.0. The van der Waals surface area contributed by atoms with Crippen molar-refractivity contribution in [2.24, 2.45) is 0 Å². The molecule has 0 aliphatic heterocycles. The van der Waals surface area contributed by atoms with Gasteiger partial charge in [0.15, 0.2) is 0 Å². The Bertz CT molecular complexity index is 1080. The molecule has 0 fully saturated rings. The molecule has 0 rings (SSSR count). The minimum Gasteiger partial charge on any atom is -0.547 e. The average molecular weight is 1030 g/mol. The van der Waals surface area contributed by atoms with Crippen LogP contribution in [0.1, 0.15) is 0 Å². The monoisotopic (exact) mass is 1030 g/mol. The first-order chi connectivity index (χ1) is 29.6. The Labute approximate surface area is 380 Å². The second-order valence-corrected chi connectivity index (χ2v) is 12.5. The summed E-state index contributed by atoms with van der Waals surface area (Å²) in [6.45, 7) is -4.32. The second kappa shape index (κ2) is 38.9. The average Bonchev–Trinajstić information content (AvgIpc) is 3.28. The van der Waals surface area contributed by atoms with Crippen molar-refractivity contribution in [1.29, 1.82) is 0 Å². The van der Waals surface area contributed by atoms with Gasteiger partial charge in [-0.2, -0.15) is 0 Å². The van der Waals surface area contributed by atoms with Gasteiger partial charge in [-0.1, -0.05) is 0 Å². The van der Waals surface area contributed by atoms with Gasteiger partial charge in [-0.3, -0.25) is 0 Å². The molecule has 0 spiro atoms. The van der Waals surface area contributed by atoms with Crippen LogP contribution in [0, 0.1) is 0 Å². The molecule has 25 N–H and O–H groups in total. The maximum atomic E-state index is 9.98. The van der Waals surface area contributed by atoms with Crippen LogP contribution in [0.4, 0.5) is 0 Å². The second-order valence-electron chi connectivity index (χ2n) is 12.5. The van der Waals surface area contributed by atoms with Crippen LogP contribution < -0.4 is 25.5 Å². The van der Waals surface area contributed by atoms with Gasteiger partial charge in [0, 0.05) is 18.6 Å². The van der Waals surface area contributed by atoms with Crippen LogP contribution in [0.25, 0.3) is 0 Å². The molecule has 0 heterocycles. The zero-order valence-electron chi connectivity index (χ0n) is 33.3. The Morgan fingerprint density at radius 3 is 0.394 bits per heavy atom. The van der Waals surface area contributed by atoms with E-state index in [1.54, 1.807) is 0 Å². The zero-order chi connectivity index (χ0) is 53.0. The first-order valence-electron chi connectivity index (χ1n) is 17.3. The number of carboxylic acid groups (broad SMARTS) is 5. The molecule has 36 heteroatoms. The SMILES string of the molecule is O=C([O-])[C@H](O)[C@@H](O)[C@H](O)[C@H](O)CO.O=C([O-])[C@H](O)[C@@H](O)[C@H](O)[C@H](O)CO.O=C([O-])[C@H](O)[C@@H](O)[C@H](O)[C@H](O)CO.O=C([O-])[C@H](O)[C@@H](O)[C@H](O)[C@H](O)CO.O=C([O-])[C@H](O)[C@@H](O)[C@H](O)[C@H](O)CO.[V]. The van der Waals surface area contributed by atoms with Crippen molar-refractivity contribution >= 4 is 29.8 Å². The van der Waals surface area contributed by atoms with E-state index in [1.807, 2.05) is 0 Å². The molecule has 0 aromatic heterocycles. The van der Waals surface area contributed by atoms with Crippen molar-refractivity contribution in [3.05, 3.63) is 0 Å². The van der Waals surface area contributed by atoms with E-state index in [-0.39, 0.29) is 18.6 Å². The van der Waals surface area contributed by atoms with Gasteiger partial charge in [0.2, 0.25) is 0 Å². The number of rotatable bonds is 25. The summed E-state index contributed by atoms with van der Waals surface area (Å²) >= 11 is 0. The predicted octanol–water partition coefficient (Wildman–Crippen LogP) is -24.1. The van der Waals surface area contributed by atoms with Crippen LogP contribution in [0.2, 0.25) is 0 Å². The number of hydrogen-bond donors (Lipinski definition) is 25. The summed E-state index contributed by atoms with van der Waals surface area (Å²) in [6.07, 6.45) is -40.4. The fourth-order valence-electron chi connectivity index (χ4n) is 3.31. The maximum absolute atomic E-state index is 9.98. The molecule has 395 valence electrons. The first-order valence-corrected chi connectivity index (χ1v) is 17.3. The molecule has 20 atom stereocenters. The molecule has 0 unspecified atom stereocenters. The topological polar surface area (TPSA) is 706 Å². The van der Waals surface area contributed by atoms with Gasteiger partial charge in [-0.15, -0.1) is 0 Å². The number of carbonyl (C=O) groups excluding carboxylic acids is 5. The van der Waals surface area contributed by atoms with Crippen LogP contribution in [0.3, 0.4) is 0 Å². The molecule has 0 aromatic carbocycles. The largest absolute Gasteiger partial charge is 0.547 e. The summed E-state index contributed by atoms with van der Waals surface area (Å²) < 4.78 is 0. The Morgan fingerprint density at radius 2 is 0.333 bits per heavy atom. The van der Waals surface area contributed by atoms with Crippen molar-refractivity contribution in [2.75, 3.05) is 33.0 Å². The van der Waals surface area contributed by atoms with Gasteiger partial charge in [0.05, 0.1) is 62.9 Å². The summed E-state index contributed by atoms with van der Waals surface area (Å²) in [6, 6.07) is 0. The Balaban J connectivity index is -0.000000170. The number of hydrogen-bond acceptors (Lipinski definition) is 35. The molecular weight excluding hydrogens is 971 g/mol. The number of carboxylic acids is 5. The molecular formula is C30H55O35V-5. The molecule has 0 aliphatic carbocycles. The van der Waals surface area contributed by atoms with E-state index < -0.39 is 185 Å². The summed E-state index contributed by atoms with van der Waals surface area (Å²) in [4.78, 5) is 49.9. The van der Waals surface area contributed by atoms with Crippen molar-refractivity contribution in [2.45, 2.75) is 122 Å². The van der Waals surface area contributed by atoms with Crippen LogP contribution in [0.5, 0.6) is 0 Å². The van der Waals surface area contributed by atoms with Gasteiger partial charge in [0.25, 0.3) is 0 Å². The number of aliphatic hydroxyl groups excluding tert-OH is 25. The normalized spacial score (nSPS) is 20.1. The van der Waals surface area contributed by atoms with Gasteiger partial charge >= 0.3 is 0 Å². The summed E-state index contributed by atoms with van der Waals surface area (Å²) in [5, 5.41) is 267. The van der Waals surface area contributed by atoms with Gasteiger partial charge in [0.1, 0.15) is 122 Å². The Morgan fingerprint density at radius 1 is 0.242 bits per heavy atom.